The summed E-state index contributed by atoms with van der Waals surface area (Å²) >= 11 is 3.26. The van der Waals surface area contributed by atoms with E-state index < -0.39 is 27.1 Å². The number of esters is 1. The maximum Gasteiger partial charge on any atom is 0.321 e. The molecule has 1 rings (SSSR count). The van der Waals surface area contributed by atoms with E-state index in [4.69, 9.17) is 4.74 Å². The van der Waals surface area contributed by atoms with Crippen molar-refractivity contribution in [2.24, 2.45) is 0 Å². The summed E-state index contributed by atoms with van der Waals surface area (Å²) in [7, 11) is -3.85. The summed E-state index contributed by atoms with van der Waals surface area (Å²) in [6.07, 6.45) is 0. The number of hydrogen-bond acceptors (Lipinski definition) is 4. The zero-order valence-corrected chi connectivity index (χ0v) is 16.8. The Balaban J connectivity index is 3.23. The van der Waals surface area contributed by atoms with Crippen LogP contribution in [0.5, 0.6) is 0 Å². The fraction of sp³-hybridized carbons (Fsp3) is 0.562. The number of hydrogen-bond donors (Lipinski definition) is 0. The van der Waals surface area contributed by atoms with Crippen molar-refractivity contribution in [1.82, 2.24) is 4.31 Å². The van der Waals surface area contributed by atoms with Crippen molar-refractivity contribution in [1.29, 1.82) is 0 Å². The van der Waals surface area contributed by atoms with E-state index in [1.807, 2.05) is 0 Å². The van der Waals surface area contributed by atoms with E-state index in [1.54, 1.807) is 59.7 Å². The Kier molecular flexibility index (Phi) is 6.04. The summed E-state index contributed by atoms with van der Waals surface area (Å²) in [6.45, 7) is 10.1. The first-order chi connectivity index (χ1) is 10.2. The molecular formula is C16H24BrNO4S. The van der Waals surface area contributed by atoms with Crippen LogP contribution in [0.2, 0.25) is 0 Å². The molecule has 1 aromatic rings. The van der Waals surface area contributed by atoms with Gasteiger partial charge in [-0.15, -0.1) is 0 Å². The van der Waals surface area contributed by atoms with Gasteiger partial charge in [-0.2, -0.15) is 4.31 Å². The number of ether oxygens (including phenoxy) is 1. The fourth-order valence-electron chi connectivity index (χ4n) is 1.95. The molecule has 0 saturated heterocycles. The van der Waals surface area contributed by atoms with Crippen LogP contribution < -0.4 is 0 Å². The highest BCUT2D eigenvalue weighted by molar-refractivity contribution is 9.10. The second kappa shape index (κ2) is 6.91. The van der Waals surface area contributed by atoms with Crippen LogP contribution in [0, 0.1) is 0 Å². The van der Waals surface area contributed by atoms with Gasteiger partial charge in [-0.1, -0.05) is 12.1 Å². The van der Waals surface area contributed by atoms with E-state index in [0.29, 0.717) is 4.47 Å². The van der Waals surface area contributed by atoms with E-state index in [-0.39, 0.29) is 11.4 Å². The summed E-state index contributed by atoms with van der Waals surface area (Å²) in [5.41, 5.74) is -1.44. The molecule has 0 saturated carbocycles. The Hall–Kier alpha value is -0.920. The predicted molar refractivity (Wildman–Crippen MR) is 93.6 cm³/mol. The zero-order valence-electron chi connectivity index (χ0n) is 14.4. The Labute approximate surface area is 147 Å². The number of benzene rings is 1. The lowest BCUT2D eigenvalue weighted by Gasteiger charge is -2.34. The van der Waals surface area contributed by atoms with Crippen LogP contribution in [0.3, 0.4) is 0 Å². The van der Waals surface area contributed by atoms with Crippen molar-refractivity contribution < 1.29 is 17.9 Å². The first kappa shape index (κ1) is 20.1. The molecule has 0 heterocycles. The van der Waals surface area contributed by atoms with E-state index >= 15 is 0 Å². The normalized spacial score (nSPS) is 13.2. The van der Waals surface area contributed by atoms with Gasteiger partial charge in [-0.25, -0.2) is 8.42 Å². The van der Waals surface area contributed by atoms with Crippen molar-refractivity contribution in [3.05, 3.63) is 28.7 Å². The van der Waals surface area contributed by atoms with Crippen molar-refractivity contribution >= 4 is 31.9 Å². The molecule has 0 bridgehead atoms. The molecule has 0 unspecified atom stereocenters. The number of rotatable bonds is 4. The second-order valence-electron chi connectivity index (χ2n) is 7.20. The smallest absolute Gasteiger partial charge is 0.321 e. The Bertz CT molecular complexity index is 672. The monoisotopic (exact) mass is 405 g/mol. The van der Waals surface area contributed by atoms with Gasteiger partial charge in [0, 0.05) is 10.0 Å². The van der Waals surface area contributed by atoms with Gasteiger partial charge in [0.2, 0.25) is 10.0 Å². The molecule has 7 heteroatoms. The van der Waals surface area contributed by atoms with Gasteiger partial charge in [0.25, 0.3) is 0 Å². The Morgan fingerprint density at radius 2 is 1.65 bits per heavy atom. The van der Waals surface area contributed by atoms with Gasteiger partial charge in [0.15, 0.2) is 0 Å². The molecule has 0 fully saturated rings. The van der Waals surface area contributed by atoms with Gasteiger partial charge < -0.3 is 4.74 Å². The molecule has 0 aliphatic heterocycles. The van der Waals surface area contributed by atoms with Crippen molar-refractivity contribution in [3.63, 3.8) is 0 Å². The third-order valence-corrected chi connectivity index (χ3v) is 5.97. The summed E-state index contributed by atoms with van der Waals surface area (Å²) in [6, 6.07) is 6.54. The minimum atomic E-state index is -3.85. The Morgan fingerprint density at radius 1 is 1.13 bits per heavy atom. The maximum atomic E-state index is 13.0. The van der Waals surface area contributed by atoms with Crippen LogP contribution in [0.25, 0.3) is 0 Å². The summed E-state index contributed by atoms with van der Waals surface area (Å²) in [4.78, 5) is 12.3. The average molecular weight is 406 g/mol. The zero-order chi connectivity index (χ0) is 18.1. The average Bonchev–Trinajstić information content (AvgIpc) is 2.32. The maximum absolute atomic E-state index is 13.0. The van der Waals surface area contributed by atoms with Crippen LogP contribution in [0.4, 0.5) is 0 Å². The summed E-state index contributed by atoms with van der Waals surface area (Å²) in [5.74, 6) is -0.581. The van der Waals surface area contributed by atoms with E-state index in [9.17, 15) is 13.2 Å². The highest BCUT2D eigenvalue weighted by Crippen LogP contribution is 2.29. The van der Waals surface area contributed by atoms with Crippen molar-refractivity contribution in [2.45, 2.75) is 57.6 Å². The molecule has 5 nitrogen and oxygen atoms in total. The van der Waals surface area contributed by atoms with Crippen LogP contribution in [-0.4, -0.2) is 36.4 Å². The quantitative estimate of drug-likeness (QED) is 0.717. The molecule has 0 aromatic heterocycles. The number of carbonyl (C=O) groups excluding carboxylic acids is 1. The molecule has 0 atom stereocenters. The third kappa shape index (κ3) is 5.58. The highest BCUT2D eigenvalue weighted by atomic mass is 79.9. The minimum absolute atomic E-state index is 0.124. The van der Waals surface area contributed by atoms with E-state index in [2.05, 4.69) is 15.9 Å². The van der Waals surface area contributed by atoms with Gasteiger partial charge in [-0.05, 0) is 69.6 Å². The lowest BCUT2D eigenvalue weighted by atomic mass is 10.1. The van der Waals surface area contributed by atoms with Crippen LogP contribution in [0.1, 0.15) is 41.5 Å². The van der Waals surface area contributed by atoms with Gasteiger partial charge in [0.1, 0.15) is 12.1 Å². The molecule has 0 N–H and O–H groups in total. The first-order valence-electron chi connectivity index (χ1n) is 7.24. The topological polar surface area (TPSA) is 63.7 Å². The van der Waals surface area contributed by atoms with Gasteiger partial charge in [0.05, 0.1) is 4.90 Å². The lowest BCUT2D eigenvalue weighted by molar-refractivity contribution is -0.155. The largest absolute Gasteiger partial charge is 0.459 e. The fourth-order valence-corrected chi connectivity index (χ4v) is 4.64. The SMILES string of the molecule is CC(C)(C)OC(=O)CN(C(C)(C)C)S(=O)(=O)c1ccccc1Br. The van der Waals surface area contributed by atoms with Gasteiger partial charge in [-0.3, -0.25) is 4.79 Å². The number of carbonyl (C=O) groups is 1. The highest BCUT2D eigenvalue weighted by Gasteiger charge is 2.37. The molecule has 0 spiro atoms. The number of sulfonamides is 1. The first-order valence-corrected chi connectivity index (χ1v) is 9.48. The number of nitrogens with zero attached hydrogens (tertiary/aromatic N) is 1. The summed E-state index contributed by atoms with van der Waals surface area (Å²) < 4.78 is 32.9. The molecule has 1 aromatic carbocycles. The lowest BCUT2D eigenvalue weighted by Crippen LogP contribution is -2.49. The van der Waals surface area contributed by atoms with Crippen LogP contribution >= 0.6 is 15.9 Å². The van der Waals surface area contributed by atoms with Crippen LogP contribution in [-0.2, 0) is 19.6 Å². The molecular weight excluding hydrogens is 382 g/mol. The van der Waals surface area contributed by atoms with Gasteiger partial charge >= 0.3 is 5.97 Å². The predicted octanol–water partition coefficient (Wildman–Crippen LogP) is 3.58. The van der Waals surface area contributed by atoms with E-state index in [0.717, 1.165) is 4.31 Å². The molecule has 23 heavy (non-hydrogen) atoms. The minimum Gasteiger partial charge on any atom is -0.459 e. The molecule has 0 aliphatic rings. The Morgan fingerprint density at radius 3 is 2.09 bits per heavy atom. The molecule has 130 valence electrons. The summed E-state index contributed by atoms with van der Waals surface area (Å²) in [5, 5.41) is 0. The molecule has 0 radical (unpaired) electrons. The molecule has 0 aliphatic carbocycles. The van der Waals surface area contributed by atoms with Crippen LogP contribution in [0.15, 0.2) is 33.6 Å². The standard InChI is InChI=1S/C16H24BrNO4S/c1-15(2,3)18(11-14(19)22-16(4,5)6)23(20,21)13-10-8-7-9-12(13)17/h7-10H,11H2,1-6H3. The second-order valence-corrected chi connectivity index (χ2v) is 9.88. The van der Waals surface area contributed by atoms with E-state index in [1.165, 1.54) is 6.07 Å². The number of halogens is 1. The third-order valence-electron chi connectivity index (χ3n) is 2.85. The van der Waals surface area contributed by atoms with Crippen molar-refractivity contribution in [2.75, 3.05) is 6.54 Å². The molecule has 0 amide bonds. The van der Waals surface area contributed by atoms with Crippen molar-refractivity contribution in [3.8, 4) is 0 Å².